The van der Waals surface area contributed by atoms with Crippen LogP contribution in [0.3, 0.4) is 0 Å². The summed E-state index contributed by atoms with van der Waals surface area (Å²) in [5.74, 6) is 0. The number of thioether (sulfide) groups is 1. The van der Waals surface area contributed by atoms with Gasteiger partial charge in [-0.05, 0) is 37.1 Å². The fraction of sp³-hybridized carbons (Fsp3) is 0.600. The molecule has 0 aromatic heterocycles. The molecule has 0 spiro atoms. The minimum Gasteiger partial charge on any atom is -0.396 e. The van der Waals surface area contributed by atoms with Crippen LogP contribution in [0.1, 0.15) is 45.2 Å². The van der Waals surface area contributed by atoms with Gasteiger partial charge in [0.1, 0.15) is 0 Å². The van der Waals surface area contributed by atoms with E-state index in [0.717, 1.165) is 19.4 Å². The minimum absolute atomic E-state index is 0.268. The molecule has 0 aliphatic carbocycles. The molecule has 0 heterocycles. The Morgan fingerprint density at radius 2 is 1.89 bits per heavy atom. The van der Waals surface area contributed by atoms with Crippen LogP contribution < -0.4 is 5.32 Å². The zero-order chi connectivity index (χ0) is 13.4. The molecular formula is C15H25NOS. The second-order valence-electron chi connectivity index (χ2n) is 4.53. The van der Waals surface area contributed by atoms with Crippen LogP contribution >= 0.6 is 11.8 Å². The molecule has 0 saturated carbocycles. The highest BCUT2D eigenvalue weighted by atomic mass is 32.2. The Labute approximate surface area is 115 Å². The predicted molar refractivity (Wildman–Crippen MR) is 80.2 cm³/mol. The number of benzene rings is 1. The minimum atomic E-state index is 0.268. The number of rotatable bonds is 8. The maximum atomic E-state index is 8.90. The van der Waals surface area contributed by atoms with Crippen molar-refractivity contribution in [3.8, 4) is 0 Å². The van der Waals surface area contributed by atoms with Crippen LogP contribution in [0.5, 0.6) is 0 Å². The molecule has 2 N–H and O–H groups in total. The normalized spacial score (nSPS) is 14.4. The van der Waals surface area contributed by atoms with E-state index in [4.69, 9.17) is 5.11 Å². The summed E-state index contributed by atoms with van der Waals surface area (Å²) in [7, 11) is 0. The van der Waals surface area contributed by atoms with Crippen LogP contribution in [0.25, 0.3) is 0 Å². The monoisotopic (exact) mass is 267 g/mol. The second kappa shape index (κ2) is 8.57. The van der Waals surface area contributed by atoms with E-state index in [9.17, 15) is 0 Å². The molecule has 0 fully saturated rings. The molecule has 2 nitrogen and oxygen atoms in total. The van der Waals surface area contributed by atoms with E-state index in [1.165, 1.54) is 10.5 Å². The smallest absolute Gasteiger partial charge is 0.0441 e. The maximum absolute atomic E-state index is 8.90. The third kappa shape index (κ3) is 5.01. The van der Waals surface area contributed by atoms with Crippen molar-refractivity contribution in [3.63, 3.8) is 0 Å². The lowest BCUT2D eigenvalue weighted by Gasteiger charge is -2.17. The summed E-state index contributed by atoms with van der Waals surface area (Å²) >= 11 is 1.83. The lowest BCUT2D eigenvalue weighted by Crippen LogP contribution is -2.19. The standard InChI is InChI=1S/C15H25NOS/c1-4-15(16-5-2)13-6-8-14(9-7-13)18-12(3)10-11-17/h6-9,12,15-17H,4-5,10-11H2,1-3H3. The summed E-state index contributed by atoms with van der Waals surface area (Å²) in [5, 5.41) is 12.9. The second-order valence-corrected chi connectivity index (χ2v) is 6.04. The topological polar surface area (TPSA) is 32.3 Å². The summed E-state index contributed by atoms with van der Waals surface area (Å²) in [4.78, 5) is 1.28. The van der Waals surface area contributed by atoms with Crippen molar-refractivity contribution in [2.75, 3.05) is 13.2 Å². The third-order valence-electron chi connectivity index (χ3n) is 3.01. The van der Waals surface area contributed by atoms with Crippen molar-refractivity contribution in [2.45, 2.75) is 49.8 Å². The van der Waals surface area contributed by atoms with Crippen molar-refractivity contribution in [3.05, 3.63) is 29.8 Å². The molecule has 1 aromatic carbocycles. The predicted octanol–water partition coefficient (Wildman–Crippen LogP) is 3.61. The van der Waals surface area contributed by atoms with Crippen molar-refractivity contribution in [2.24, 2.45) is 0 Å². The van der Waals surface area contributed by atoms with Gasteiger partial charge in [0.25, 0.3) is 0 Å². The Kier molecular flexibility index (Phi) is 7.40. The van der Waals surface area contributed by atoms with E-state index in [-0.39, 0.29) is 6.61 Å². The fourth-order valence-electron chi connectivity index (χ4n) is 2.00. The molecule has 18 heavy (non-hydrogen) atoms. The SMILES string of the molecule is CCNC(CC)c1ccc(SC(C)CCO)cc1. The van der Waals surface area contributed by atoms with Gasteiger partial charge in [0.05, 0.1) is 0 Å². The Morgan fingerprint density at radius 3 is 2.39 bits per heavy atom. The van der Waals surface area contributed by atoms with Crippen molar-refractivity contribution < 1.29 is 5.11 Å². The Balaban J connectivity index is 2.61. The highest BCUT2D eigenvalue weighted by Gasteiger charge is 2.08. The summed E-state index contributed by atoms with van der Waals surface area (Å²) < 4.78 is 0. The van der Waals surface area contributed by atoms with Crippen LogP contribution in [-0.2, 0) is 0 Å². The first-order chi connectivity index (χ1) is 8.71. The van der Waals surface area contributed by atoms with Gasteiger partial charge in [-0.25, -0.2) is 0 Å². The zero-order valence-electron chi connectivity index (χ0n) is 11.6. The fourth-order valence-corrected chi connectivity index (χ4v) is 2.98. The summed E-state index contributed by atoms with van der Waals surface area (Å²) in [6.07, 6.45) is 1.96. The van der Waals surface area contributed by atoms with E-state index in [2.05, 4.69) is 50.4 Å². The van der Waals surface area contributed by atoms with Crippen LogP contribution in [0.2, 0.25) is 0 Å². The average Bonchev–Trinajstić information content (AvgIpc) is 2.37. The van der Waals surface area contributed by atoms with E-state index >= 15 is 0 Å². The number of hydrogen-bond donors (Lipinski definition) is 2. The van der Waals surface area contributed by atoms with Gasteiger partial charge in [-0.2, -0.15) is 0 Å². The van der Waals surface area contributed by atoms with Crippen LogP contribution in [-0.4, -0.2) is 23.5 Å². The maximum Gasteiger partial charge on any atom is 0.0441 e. The van der Waals surface area contributed by atoms with Crippen molar-refractivity contribution in [1.82, 2.24) is 5.32 Å². The number of aliphatic hydroxyl groups excluding tert-OH is 1. The van der Waals surface area contributed by atoms with Gasteiger partial charge in [0.2, 0.25) is 0 Å². The zero-order valence-corrected chi connectivity index (χ0v) is 12.5. The molecule has 0 radical (unpaired) electrons. The lowest BCUT2D eigenvalue weighted by molar-refractivity contribution is 0.289. The number of nitrogens with one attached hydrogen (secondary N) is 1. The molecule has 0 bridgehead atoms. The number of aliphatic hydroxyl groups is 1. The van der Waals surface area contributed by atoms with Gasteiger partial charge >= 0.3 is 0 Å². The molecule has 3 heteroatoms. The molecule has 1 rings (SSSR count). The van der Waals surface area contributed by atoms with Gasteiger partial charge in [0, 0.05) is 22.8 Å². The first-order valence-corrected chi connectivity index (χ1v) is 7.70. The van der Waals surface area contributed by atoms with Crippen LogP contribution in [0.15, 0.2) is 29.2 Å². The van der Waals surface area contributed by atoms with Crippen LogP contribution in [0.4, 0.5) is 0 Å². The summed E-state index contributed by atoms with van der Waals surface area (Å²) in [5.41, 5.74) is 1.36. The Hall–Kier alpha value is -0.510. The first-order valence-electron chi connectivity index (χ1n) is 6.82. The van der Waals surface area contributed by atoms with Gasteiger partial charge in [-0.3, -0.25) is 0 Å². The largest absolute Gasteiger partial charge is 0.396 e. The lowest BCUT2D eigenvalue weighted by atomic mass is 10.1. The van der Waals surface area contributed by atoms with E-state index in [0.29, 0.717) is 11.3 Å². The molecule has 0 saturated heterocycles. The highest BCUT2D eigenvalue weighted by Crippen LogP contribution is 2.27. The van der Waals surface area contributed by atoms with Crippen LogP contribution in [0, 0.1) is 0 Å². The Bertz CT molecular complexity index is 326. The molecule has 102 valence electrons. The Morgan fingerprint density at radius 1 is 1.22 bits per heavy atom. The third-order valence-corrected chi connectivity index (χ3v) is 4.20. The molecule has 0 aliphatic rings. The van der Waals surface area contributed by atoms with E-state index in [1.54, 1.807) is 0 Å². The summed E-state index contributed by atoms with van der Waals surface area (Å²) in [6.45, 7) is 7.78. The molecule has 2 unspecified atom stereocenters. The van der Waals surface area contributed by atoms with Crippen molar-refractivity contribution >= 4 is 11.8 Å². The van der Waals surface area contributed by atoms with E-state index < -0.39 is 0 Å². The number of hydrogen-bond acceptors (Lipinski definition) is 3. The van der Waals surface area contributed by atoms with Gasteiger partial charge in [-0.15, -0.1) is 11.8 Å². The molecule has 0 aliphatic heterocycles. The quantitative estimate of drug-likeness (QED) is 0.706. The van der Waals surface area contributed by atoms with Gasteiger partial charge in [0.15, 0.2) is 0 Å². The van der Waals surface area contributed by atoms with E-state index in [1.807, 2.05) is 11.8 Å². The first kappa shape index (κ1) is 15.5. The van der Waals surface area contributed by atoms with Crippen molar-refractivity contribution in [1.29, 1.82) is 0 Å². The van der Waals surface area contributed by atoms with Gasteiger partial charge in [-0.1, -0.05) is 32.9 Å². The molecule has 0 amide bonds. The summed E-state index contributed by atoms with van der Waals surface area (Å²) in [6, 6.07) is 9.26. The van der Waals surface area contributed by atoms with Gasteiger partial charge < -0.3 is 10.4 Å². The molecule has 2 atom stereocenters. The molecule has 1 aromatic rings. The molecular weight excluding hydrogens is 242 g/mol. The highest BCUT2D eigenvalue weighted by molar-refractivity contribution is 7.99. The average molecular weight is 267 g/mol.